The summed E-state index contributed by atoms with van der Waals surface area (Å²) in [5, 5.41) is 5.53. The van der Waals surface area contributed by atoms with Crippen LogP contribution in [0.25, 0.3) is 0 Å². The molecule has 0 radical (unpaired) electrons. The van der Waals surface area contributed by atoms with Crippen LogP contribution in [0, 0.1) is 5.92 Å². The first-order valence-electron chi connectivity index (χ1n) is 9.42. The van der Waals surface area contributed by atoms with Crippen molar-refractivity contribution >= 4 is 17.7 Å². The monoisotopic (exact) mass is 391 g/mol. The van der Waals surface area contributed by atoms with E-state index in [0.29, 0.717) is 44.8 Å². The Labute approximate surface area is 165 Å². The minimum Gasteiger partial charge on any atom is -0.497 e. The number of likely N-dealkylation sites (tertiary alicyclic amines) is 1. The summed E-state index contributed by atoms with van der Waals surface area (Å²) >= 11 is 0. The molecule has 8 heteroatoms. The van der Waals surface area contributed by atoms with Gasteiger partial charge in [-0.15, -0.1) is 0 Å². The first-order chi connectivity index (χ1) is 13.5. The van der Waals surface area contributed by atoms with Gasteiger partial charge in [0.1, 0.15) is 5.75 Å². The van der Waals surface area contributed by atoms with Crippen LogP contribution >= 0.6 is 0 Å². The standard InChI is InChI=1S/C20H29N3O5/c1-14(24)21-9-10-22-20(26)17-7-8-18(25)23(11-12-27-2)19(17)15-5-4-6-16(13-15)28-3/h4-6,13,17,19H,7-12H2,1-3H3,(H,21,24)(H,22,26)/t17-,19+/m1/s1. The van der Waals surface area contributed by atoms with Gasteiger partial charge < -0.3 is 25.0 Å². The number of methoxy groups -OCH3 is 2. The highest BCUT2D eigenvalue weighted by molar-refractivity contribution is 5.85. The number of nitrogens with one attached hydrogen (secondary N) is 2. The number of piperidine rings is 1. The van der Waals surface area contributed by atoms with Crippen molar-refractivity contribution in [1.82, 2.24) is 15.5 Å². The lowest BCUT2D eigenvalue weighted by Crippen LogP contribution is -2.49. The molecule has 2 atom stereocenters. The van der Waals surface area contributed by atoms with Gasteiger partial charge in [-0.25, -0.2) is 0 Å². The average molecular weight is 391 g/mol. The molecule has 1 heterocycles. The van der Waals surface area contributed by atoms with E-state index in [1.807, 2.05) is 24.3 Å². The number of ether oxygens (including phenoxy) is 2. The van der Waals surface area contributed by atoms with Crippen molar-refractivity contribution in [1.29, 1.82) is 0 Å². The van der Waals surface area contributed by atoms with Crippen LogP contribution in [-0.2, 0) is 19.1 Å². The zero-order valence-corrected chi connectivity index (χ0v) is 16.7. The molecule has 0 saturated carbocycles. The zero-order chi connectivity index (χ0) is 20.5. The molecule has 1 aliphatic heterocycles. The predicted molar refractivity (Wildman–Crippen MR) is 104 cm³/mol. The highest BCUT2D eigenvalue weighted by atomic mass is 16.5. The van der Waals surface area contributed by atoms with Crippen molar-refractivity contribution in [3.63, 3.8) is 0 Å². The first kappa shape index (κ1) is 21.7. The molecule has 2 rings (SSSR count). The molecular weight excluding hydrogens is 362 g/mol. The van der Waals surface area contributed by atoms with Gasteiger partial charge in [-0.3, -0.25) is 14.4 Å². The van der Waals surface area contributed by atoms with Gasteiger partial charge in [0.2, 0.25) is 17.7 Å². The Morgan fingerprint density at radius 2 is 1.96 bits per heavy atom. The summed E-state index contributed by atoms with van der Waals surface area (Å²) < 4.78 is 10.5. The normalized spacial score (nSPS) is 19.2. The first-order valence-corrected chi connectivity index (χ1v) is 9.42. The molecule has 3 amide bonds. The molecule has 0 unspecified atom stereocenters. The number of hydrogen-bond acceptors (Lipinski definition) is 5. The highest BCUT2D eigenvalue weighted by Crippen LogP contribution is 2.37. The lowest BCUT2D eigenvalue weighted by molar-refractivity contribution is -0.144. The Bertz CT molecular complexity index is 694. The molecule has 8 nitrogen and oxygen atoms in total. The van der Waals surface area contributed by atoms with Crippen LogP contribution in [0.3, 0.4) is 0 Å². The number of nitrogens with zero attached hydrogens (tertiary/aromatic N) is 1. The summed E-state index contributed by atoms with van der Waals surface area (Å²) in [6, 6.07) is 7.06. The molecule has 1 aromatic rings. The van der Waals surface area contributed by atoms with Crippen LogP contribution in [0.15, 0.2) is 24.3 Å². The van der Waals surface area contributed by atoms with Gasteiger partial charge in [0.05, 0.1) is 25.7 Å². The third-order valence-corrected chi connectivity index (χ3v) is 4.81. The SMILES string of the molecule is COCCN1C(=O)CC[C@@H](C(=O)NCCNC(C)=O)[C@@H]1c1cccc(OC)c1. The van der Waals surface area contributed by atoms with Gasteiger partial charge in [-0.05, 0) is 24.1 Å². The van der Waals surface area contributed by atoms with E-state index in [9.17, 15) is 14.4 Å². The van der Waals surface area contributed by atoms with Crippen molar-refractivity contribution in [3.8, 4) is 5.75 Å². The van der Waals surface area contributed by atoms with Crippen LogP contribution in [0.2, 0.25) is 0 Å². The Morgan fingerprint density at radius 3 is 2.64 bits per heavy atom. The number of carbonyl (C=O) groups excluding carboxylic acids is 3. The lowest BCUT2D eigenvalue weighted by Gasteiger charge is -2.40. The van der Waals surface area contributed by atoms with E-state index < -0.39 is 6.04 Å². The number of amides is 3. The molecule has 28 heavy (non-hydrogen) atoms. The Balaban J connectivity index is 2.23. The van der Waals surface area contributed by atoms with Crippen LogP contribution < -0.4 is 15.4 Å². The number of rotatable bonds is 9. The van der Waals surface area contributed by atoms with Crippen molar-refractivity contribution in [2.24, 2.45) is 5.92 Å². The second kappa shape index (κ2) is 10.7. The fourth-order valence-electron chi connectivity index (χ4n) is 3.47. The van der Waals surface area contributed by atoms with Gasteiger partial charge in [0.25, 0.3) is 0 Å². The van der Waals surface area contributed by atoms with E-state index in [1.54, 1.807) is 19.1 Å². The fourth-order valence-corrected chi connectivity index (χ4v) is 3.47. The van der Waals surface area contributed by atoms with Crippen LogP contribution in [0.5, 0.6) is 5.75 Å². The van der Waals surface area contributed by atoms with E-state index in [4.69, 9.17) is 9.47 Å². The van der Waals surface area contributed by atoms with Crippen LogP contribution in [0.4, 0.5) is 0 Å². The largest absolute Gasteiger partial charge is 0.497 e. The quantitative estimate of drug-likeness (QED) is 0.609. The predicted octanol–water partition coefficient (Wildman–Crippen LogP) is 0.874. The van der Waals surface area contributed by atoms with E-state index in [1.165, 1.54) is 6.92 Å². The van der Waals surface area contributed by atoms with Crippen molar-refractivity contribution in [2.45, 2.75) is 25.8 Å². The van der Waals surface area contributed by atoms with Crippen LogP contribution in [0.1, 0.15) is 31.4 Å². The summed E-state index contributed by atoms with van der Waals surface area (Å²) in [5.41, 5.74) is 0.852. The number of benzene rings is 1. The minimum atomic E-state index is -0.396. The molecular formula is C20H29N3O5. The third kappa shape index (κ3) is 5.69. The van der Waals surface area contributed by atoms with Crippen molar-refractivity contribution < 1.29 is 23.9 Å². The molecule has 1 fully saturated rings. The maximum Gasteiger partial charge on any atom is 0.225 e. The fraction of sp³-hybridized carbons (Fsp3) is 0.550. The second-order valence-corrected chi connectivity index (χ2v) is 6.72. The molecule has 1 saturated heterocycles. The maximum absolute atomic E-state index is 12.9. The highest BCUT2D eigenvalue weighted by Gasteiger charge is 2.40. The molecule has 154 valence electrons. The van der Waals surface area contributed by atoms with E-state index in [2.05, 4.69) is 10.6 Å². The van der Waals surface area contributed by atoms with Crippen molar-refractivity contribution in [3.05, 3.63) is 29.8 Å². The molecule has 0 bridgehead atoms. The van der Waals surface area contributed by atoms with Gasteiger partial charge >= 0.3 is 0 Å². The van der Waals surface area contributed by atoms with Crippen molar-refractivity contribution in [2.75, 3.05) is 40.5 Å². The Morgan fingerprint density at radius 1 is 1.21 bits per heavy atom. The molecule has 2 N–H and O–H groups in total. The second-order valence-electron chi connectivity index (χ2n) is 6.72. The lowest BCUT2D eigenvalue weighted by atomic mass is 9.83. The molecule has 0 aliphatic carbocycles. The van der Waals surface area contributed by atoms with Crippen LogP contribution in [-0.4, -0.2) is 63.1 Å². The summed E-state index contributed by atoms with van der Waals surface area (Å²) in [7, 11) is 3.17. The minimum absolute atomic E-state index is 0.00664. The smallest absolute Gasteiger partial charge is 0.225 e. The summed E-state index contributed by atoms with van der Waals surface area (Å²) in [5.74, 6) is 0.0174. The molecule has 0 spiro atoms. The number of hydrogen-bond donors (Lipinski definition) is 2. The van der Waals surface area contributed by atoms with E-state index >= 15 is 0 Å². The maximum atomic E-state index is 12.9. The zero-order valence-electron chi connectivity index (χ0n) is 16.7. The Kier molecular flexibility index (Phi) is 8.25. The summed E-state index contributed by atoms with van der Waals surface area (Å²) in [4.78, 5) is 38.2. The third-order valence-electron chi connectivity index (χ3n) is 4.81. The van der Waals surface area contributed by atoms with Gasteiger partial charge in [-0.2, -0.15) is 0 Å². The average Bonchev–Trinajstić information content (AvgIpc) is 2.69. The van der Waals surface area contributed by atoms with E-state index in [-0.39, 0.29) is 23.6 Å². The Hall–Kier alpha value is -2.61. The van der Waals surface area contributed by atoms with Gasteiger partial charge in [-0.1, -0.05) is 12.1 Å². The molecule has 1 aliphatic rings. The number of carbonyl (C=O) groups is 3. The molecule has 1 aromatic carbocycles. The van der Waals surface area contributed by atoms with E-state index in [0.717, 1.165) is 5.56 Å². The summed E-state index contributed by atoms with van der Waals surface area (Å²) in [6.07, 6.45) is 0.782. The topological polar surface area (TPSA) is 97.0 Å². The van der Waals surface area contributed by atoms with Gasteiger partial charge in [0, 0.05) is 40.1 Å². The molecule has 0 aromatic heterocycles. The summed E-state index contributed by atoms with van der Waals surface area (Å²) in [6.45, 7) is 2.94. The van der Waals surface area contributed by atoms with Gasteiger partial charge in [0.15, 0.2) is 0 Å².